The molecule has 1 heterocycles. The number of nitrogens with two attached hydrogens (primary N) is 1. The van der Waals surface area contributed by atoms with Crippen molar-refractivity contribution >= 4 is 0 Å². The summed E-state index contributed by atoms with van der Waals surface area (Å²) in [5.74, 6) is 0.909. The van der Waals surface area contributed by atoms with Crippen molar-refractivity contribution in [2.24, 2.45) is 11.7 Å². The molecule has 0 radical (unpaired) electrons. The summed E-state index contributed by atoms with van der Waals surface area (Å²) in [5.41, 5.74) is 6.37. The van der Waals surface area contributed by atoms with Gasteiger partial charge in [-0.3, -0.25) is 4.90 Å². The lowest BCUT2D eigenvalue weighted by Crippen LogP contribution is -2.60. The third-order valence-electron chi connectivity index (χ3n) is 4.86. The van der Waals surface area contributed by atoms with Crippen LogP contribution in [0, 0.1) is 5.92 Å². The van der Waals surface area contributed by atoms with Crippen LogP contribution in [0.1, 0.15) is 39.5 Å². The van der Waals surface area contributed by atoms with Crippen LogP contribution in [0.2, 0.25) is 0 Å². The summed E-state index contributed by atoms with van der Waals surface area (Å²) in [6, 6.07) is 1.71. The van der Waals surface area contributed by atoms with Gasteiger partial charge in [-0.1, -0.05) is 13.3 Å². The van der Waals surface area contributed by atoms with Gasteiger partial charge in [-0.05, 0) is 39.2 Å². The van der Waals surface area contributed by atoms with Gasteiger partial charge in [-0.15, -0.1) is 0 Å². The molecule has 0 spiro atoms. The van der Waals surface area contributed by atoms with Gasteiger partial charge in [0.15, 0.2) is 0 Å². The summed E-state index contributed by atoms with van der Waals surface area (Å²) >= 11 is 0. The summed E-state index contributed by atoms with van der Waals surface area (Å²) in [6.07, 6.45) is 5.22. The first-order valence-corrected chi connectivity index (χ1v) is 7.31. The standard InChI is InChI=1S/C14H29N3/c1-4-12-5-6-13(15)14(9-12)17-8-7-16(3)10-11(17)2/h11-14H,4-10,15H2,1-3H3. The van der Waals surface area contributed by atoms with Crippen molar-refractivity contribution in [2.75, 3.05) is 26.7 Å². The van der Waals surface area contributed by atoms with E-state index in [-0.39, 0.29) is 0 Å². The molecule has 4 atom stereocenters. The minimum absolute atomic E-state index is 0.406. The van der Waals surface area contributed by atoms with Crippen LogP contribution in [0.3, 0.4) is 0 Å². The molecule has 3 nitrogen and oxygen atoms in total. The fourth-order valence-electron chi connectivity index (χ4n) is 3.65. The zero-order chi connectivity index (χ0) is 12.4. The van der Waals surface area contributed by atoms with Gasteiger partial charge in [0.25, 0.3) is 0 Å². The second-order valence-corrected chi connectivity index (χ2v) is 6.17. The van der Waals surface area contributed by atoms with Crippen LogP contribution in [0.4, 0.5) is 0 Å². The minimum Gasteiger partial charge on any atom is -0.326 e. The maximum absolute atomic E-state index is 6.37. The van der Waals surface area contributed by atoms with E-state index in [2.05, 4.69) is 30.7 Å². The predicted octanol–water partition coefficient (Wildman–Crippen LogP) is 1.53. The highest BCUT2D eigenvalue weighted by Crippen LogP contribution is 2.30. The maximum atomic E-state index is 6.37. The molecule has 1 aliphatic heterocycles. The third kappa shape index (κ3) is 3.01. The Bertz CT molecular complexity index is 244. The Balaban J connectivity index is 1.99. The lowest BCUT2D eigenvalue weighted by molar-refractivity contribution is 0.0255. The Hall–Kier alpha value is -0.120. The van der Waals surface area contributed by atoms with Crippen molar-refractivity contribution in [2.45, 2.75) is 57.7 Å². The first-order chi connectivity index (χ1) is 8.11. The highest BCUT2D eigenvalue weighted by atomic mass is 15.3. The van der Waals surface area contributed by atoms with E-state index < -0.39 is 0 Å². The van der Waals surface area contributed by atoms with Crippen LogP contribution >= 0.6 is 0 Å². The van der Waals surface area contributed by atoms with Crippen LogP contribution in [0.15, 0.2) is 0 Å². The molecule has 2 rings (SSSR count). The SMILES string of the molecule is CCC1CCC(N)C(N2CCN(C)CC2C)C1. The largest absolute Gasteiger partial charge is 0.326 e. The van der Waals surface area contributed by atoms with E-state index in [1.165, 1.54) is 45.3 Å². The normalized spacial score (nSPS) is 41.6. The van der Waals surface area contributed by atoms with Crippen molar-refractivity contribution in [3.63, 3.8) is 0 Å². The van der Waals surface area contributed by atoms with E-state index in [9.17, 15) is 0 Å². The quantitative estimate of drug-likeness (QED) is 0.793. The molecular formula is C14H29N3. The number of rotatable bonds is 2. The van der Waals surface area contributed by atoms with E-state index >= 15 is 0 Å². The third-order valence-corrected chi connectivity index (χ3v) is 4.86. The molecule has 100 valence electrons. The topological polar surface area (TPSA) is 32.5 Å². The first-order valence-electron chi connectivity index (χ1n) is 7.31. The number of hydrogen-bond acceptors (Lipinski definition) is 3. The fourth-order valence-corrected chi connectivity index (χ4v) is 3.65. The van der Waals surface area contributed by atoms with Gasteiger partial charge in [-0.25, -0.2) is 0 Å². The minimum atomic E-state index is 0.406. The zero-order valence-corrected chi connectivity index (χ0v) is 11.7. The zero-order valence-electron chi connectivity index (χ0n) is 11.7. The summed E-state index contributed by atoms with van der Waals surface area (Å²) in [4.78, 5) is 5.12. The highest BCUT2D eigenvalue weighted by Gasteiger charge is 2.35. The van der Waals surface area contributed by atoms with Crippen LogP contribution in [-0.4, -0.2) is 54.6 Å². The molecule has 2 fully saturated rings. The summed E-state index contributed by atoms with van der Waals surface area (Å²) in [7, 11) is 2.23. The Morgan fingerprint density at radius 1 is 1.24 bits per heavy atom. The molecule has 1 saturated carbocycles. The Morgan fingerprint density at radius 2 is 2.00 bits per heavy atom. The molecule has 2 aliphatic rings. The Kier molecular flexibility index (Phi) is 4.45. The second kappa shape index (κ2) is 5.68. The first kappa shape index (κ1) is 13.3. The molecule has 4 unspecified atom stereocenters. The smallest absolute Gasteiger partial charge is 0.0253 e. The van der Waals surface area contributed by atoms with Gasteiger partial charge in [0, 0.05) is 37.8 Å². The predicted molar refractivity (Wildman–Crippen MR) is 73.1 cm³/mol. The molecule has 0 bridgehead atoms. The van der Waals surface area contributed by atoms with Gasteiger partial charge in [0.1, 0.15) is 0 Å². The monoisotopic (exact) mass is 239 g/mol. The van der Waals surface area contributed by atoms with E-state index in [1.807, 2.05) is 0 Å². The highest BCUT2D eigenvalue weighted by molar-refractivity contribution is 4.93. The van der Waals surface area contributed by atoms with Crippen LogP contribution < -0.4 is 5.73 Å². The van der Waals surface area contributed by atoms with Gasteiger partial charge in [0.05, 0.1) is 0 Å². The summed E-state index contributed by atoms with van der Waals surface area (Å²) in [6.45, 7) is 8.28. The number of piperazine rings is 1. The van der Waals surface area contributed by atoms with Gasteiger partial charge >= 0.3 is 0 Å². The van der Waals surface area contributed by atoms with E-state index in [0.717, 1.165) is 5.92 Å². The number of likely N-dealkylation sites (N-methyl/N-ethyl adjacent to an activating group) is 1. The van der Waals surface area contributed by atoms with Crippen molar-refractivity contribution in [3.05, 3.63) is 0 Å². The maximum Gasteiger partial charge on any atom is 0.0253 e. The van der Waals surface area contributed by atoms with Crippen molar-refractivity contribution < 1.29 is 0 Å². The molecule has 0 aromatic heterocycles. The summed E-state index contributed by atoms with van der Waals surface area (Å²) in [5, 5.41) is 0. The van der Waals surface area contributed by atoms with Gasteiger partial charge in [0.2, 0.25) is 0 Å². The van der Waals surface area contributed by atoms with Gasteiger partial charge in [-0.2, -0.15) is 0 Å². The molecule has 2 N–H and O–H groups in total. The average molecular weight is 239 g/mol. The number of hydrogen-bond donors (Lipinski definition) is 1. The van der Waals surface area contributed by atoms with Crippen molar-refractivity contribution in [1.82, 2.24) is 9.80 Å². The van der Waals surface area contributed by atoms with Gasteiger partial charge < -0.3 is 10.6 Å². The van der Waals surface area contributed by atoms with Crippen molar-refractivity contribution in [3.8, 4) is 0 Å². The summed E-state index contributed by atoms with van der Waals surface area (Å²) < 4.78 is 0. The fraction of sp³-hybridized carbons (Fsp3) is 1.00. The second-order valence-electron chi connectivity index (χ2n) is 6.17. The Labute approximate surface area is 106 Å². The molecule has 3 heteroatoms. The van der Waals surface area contributed by atoms with E-state index in [4.69, 9.17) is 5.73 Å². The average Bonchev–Trinajstić information content (AvgIpc) is 2.30. The van der Waals surface area contributed by atoms with Crippen LogP contribution in [0.25, 0.3) is 0 Å². The Morgan fingerprint density at radius 3 is 2.65 bits per heavy atom. The number of nitrogens with zero attached hydrogens (tertiary/aromatic N) is 2. The molecular weight excluding hydrogens is 210 g/mol. The van der Waals surface area contributed by atoms with Crippen molar-refractivity contribution in [1.29, 1.82) is 0 Å². The molecule has 0 amide bonds. The molecule has 1 saturated heterocycles. The van der Waals surface area contributed by atoms with E-state index in [0.29, 0.717) is 18.1 Å². The lowest BCUT2D eigenvalue weighted by atomic mass is 9.80. The van der Waals surface area contributed by atoms with Crippen LogP contribution in [-0.2, 0) is 0 Å². The van der Waals surface area contributed by atoms with Crippen LogP contribution in [0.5, 0.6) is 0 Å². The molecule has 1 aliphatic carbocycles. The molecule has 0 aromatic carbocycles. The van der Waals surface area contributed by atoms with E-state index in [1.54, 1.807) is 0 Å². The molecule has 17 heavy (non-hydrogen) atoms. The molecule has 0 aromatic rings. The lowest BCUT2D eigenvalue weighted by Gasteiger charge is -2.47.